The molecule has 3 heteroatoms. The predicted molar refractivity (Wildman–Crippen MR) is 80.0 cm³/mol. The summed E-state index contributed by atoms with van der Waals surface area (Å²) in [5.74, 6) is 0. The number of hydrogen-bond donors (Lipinski definition) is 1. The Kier molecular flexibility index (Phi) is 3.88. The monoisotopic (exact) mass is 266 g/mol. The summed E-state index contributed by atoms with van der Waals surface area (Å²) in [6.07, 6.45) is 2.64. The summed E-state index contributed by atoms with van der Waals surface area (Å²) in [5, 5.41) is 3.59. The van der Waals surface area contributed by atoms with Crippen LogP contribution in [0.3, 0.4) is 0 Å². The van der Waals surface area contributed by atoms with E-state index in [1.165, 1.54) is 31.6 Å². The van der Waals surface area contributed by atoms with E-state index in [-0.39, 0.29) is 12.4 Å². The normalized spacial score (nSPS) is 26.3. The molecule has 3 rings (SSSR count). The van der Waals surface area contributed by atoms with Crippen LogP contribution in [0.5, 0.6) is 0 Å². The standard InChI is InChI=1S/C15H22N2.ClH/c1-12(2)17-11-15(8-5-9-16-10-15)13-6-3-4-7-14(13)17;/h3-4,6-7,12,16H,5,8-11H2,1-2H3;1H. The fourth-order valence-corrected chi connectivity index (χ4v) is 3.46. The molecule has 2 aliphatic heterocycles. The van der Waals surface area contributed by atoms with Crippen LogP contribution in [0.1, 0.15) is 32.3 Å². The highest BCUT2D eigenvalue weighted by molar-refractivity contribution is 5.85. The van der Waals surface area contributed by atoms with E-state index in [0.29, 0.717) is 11.5 Å². The maximum atomic E-state index is 3.59. The minimum atomic E-state index is 0. The third-order valence-corrected chi connectivity index (χ3v) is 4.35. The minimum absolute atomic E-state index is 0. The van der Waals surface area contributed by atoms with E-state index in [4.69, 9.17) is 0 Å². The molecule has 2 nitrogen and oxygen atoms in total. The second kappa shape index (κ2) is 5.10. The summed E-state index contributed by atoms with van der Waals surface area (Å²) in [4.78, 5) is 2.57. The Hall–Kier alpha value is -0.730. The zero-order valence-electron chi connectivity index (χ0n) is 11.3. The summed E-state index contributed by atoms with van der Waals surface area (Å²) >= 11 is 0. The average Bonchev–Trinajstić information content (AvgIpc) is 2.66. The van der Waals surface area contributed by atoms with E-state index in [0.717, 1.165) is 6.54 Å². The molecule has 2 aliphatic rings. The molecule has 1 fully saturated rings. The lowest BCUT2D eigenvalue weighted by Crippen LogP contribution is -2.47. The molecule has 1 unspecified atom stereocenters. The smallest absolute Gasteiger partial charge is 0.0408 e. The molecule has 1 spiro atoms. The van der Waals surface area contributed by atoms with Gasteiger partial charge in [-0.15, -0.1) is 12.4 Å². The van der Waals surface area contributed by atoms with E-state index in [9.17, 15) is 0 Å². The highest BCUT2D eigenvalue weighted by atomic mass is 35.5. The Bertz CT molecular complexity index is 411. The van der Waals surface area contributed by atoms with Crippen molar-refractivity contribution in [2.75, 3.05) is 24.5 Å². The van der Waals surface area contributed by atoms with Crippen molar-refractivity contribution < 1.29 is 0 Å². The Balaban J connectivity index is 0.00000120. The van der Waals surface area contributed by atoms with Gasteiger partial charge in [0.2, 0.25) is 0 Å². The van der Waals surface area contributed by atoms with Crippen molar-refractivity contribution in [1.29, 1.82) is 0 Å². The first-order chi connectivity index (χ1) is 8.23. The lowest BCUT2D eigenvalue weighted by Gasteiger charge is -2.35. The minimum Gasteiger partial charge on any atom is -0.368 e. The molecule has 1 saturated heterocycles. The second-order valence-electron chi connectivity index (χ2n) is 5.80. The van der Waals surface area contributed by atoms with Gasteiger partial charge in [0.05, 0.1) is 0 Å². The van der Waals surface area contributed by atoms with E-state index < -0.39 is 0 Å². The number of fused-ring (bicyclic) bond motifs is 2. The first-order valence-electron chi connectivity index (χ1n) is 6.80. The first-order valence-corrected chi connectivity index (χ1v) is 6.80. The Morgan fingerprint density at radius 1 is 1.28 bits per heavy atom. The van der Waals surface area contributed by atoms with E-state index in [1.54, 1.807) is 5.56 Å². The van der Waals surface area contributed by atoms with Crippen LogP contribution in [0.2, 0.25) is 0 Å². The lowest BCUT2D eigenvalue weighted by molar-refractivity contribution is 0.326. The topological polar surface area (TPSA) is 15.3 Å². The summed E-state index contributed by atoms with van der Waals surface area (Å²) in [6, 6.07) is 9.59. The molecule has 1 aromatic carbocycles. The van der Waals surface area contributed by atoms with E-state index >= 15 is 0 Å². The van der Waals surface area contributed by atoms with Crippen LogP contribution in [0.25, 0.3) is 0 Å². The predicted octanol–water partition coefficient (Wildman–Crippen LogP) is 2.96. The van der Waals surface area contributed by atoms with Crippen molar-refractivity contribution in [2.45, 2.75) is 38.1 Å². The molecular weight excluding hydrogens is 244 g/mol. The Labute approximate surface area is 116 Å². The second-order valence-corrected chi connectivity index (χ2v) is 5.80. The third-order valence-electron chi connectivity index (χ3n) is 4.35. The van der Waals surface area contributed by atoms with Gasteiger partial charge in [0, 0.05) is 30.2 Å². The van der Waals surface area contributed by atoms with E-state index in [1.807, 2.05) is 0 Å². The van der Waals surface area contributed by atoms with Gasteiger partial charge in [-0.25, -0.2) is 0 Å². The van der Waals surface area contributed by atoms with Crippen LogP contribution < -0.4 is 10.2 Å². The van der Waals surface area contributed by atoms with Crippen LogP contribution in [0.15, 0.2) is 24.3 Å². The largest absolute Gasteiger partial charge is 0.368 e. The fraction of sp³-hybridized carbons (Fsp3) is 0.600. The van der Waals surface area contributed by atoms with Gasteiger partial charge in [0.25, 0.3) is 0 Å². The molecule has 0 aromatic heterocycles. The van der Waals surface area contributed by atoms with Crippen molar-refractivity contribution in [2.24, 2.45) is 0 Å². The fourth-order valence-electron chi connectivity index (χ4n) is 3.46. The number of halogens is 1. The van der Waals surface area contributed by atoms with Gasteiger partial charge in [-0.05, 0) is 44.9 Å². The summed E-state index contributed by atoms with van der Waals surface area (Å²) in [7, 11) is 0. The molecule has 0 aliphatic carbocycles. The van der Waals surface area contributed by atoms with Crippen molar-refractivity contribution in [3.8, 4) is 0 Å². The molecule has 0 saturated carbocycles. The average molecular weight is 267 g/mol. The molecule has 1 atom stereocenters. The zero-order valence-corrected chi connectivity index (χ0v) is 12.1. The Morgan fingerprint density at radius 3 is 2.72 bits per heavy atom. The number of nitrogens with zero attached hydrogens (tertiary/aromatic N) is 1. The van der Waals surface area contributed by atoms with Crippen LogP contribution in [-0.2, 0) is 5.41 Å². The van der Waals surface area contributed by atoms with Gasteiger partial charge < -0.3 is 10.2 Å². The zero-order chi connectivity index (χ0) is 11.9. The number of anilines is 1. The van der Waals surface area contributed by atoms with Crippen LogP contribution in [0.4, 0.5) is 5.69 Å². The quantitative estimate of drug-likeness (QED) is 0.841. The van der Waals surface area contributed by atoms with Crippen molar-refractivity contribution in [3.63, 3.8) is 0 Å². The maximum absolute atomic E-state index is 3.59. The number of piperidine rings is 1. The SMILES string of the molecule is CC(C)N1CC2(CCCNC2)c2ccccc21.Cl. The first kappa shape index (κ1) is 13.7. The lowest BCUT2D eigenvalue weighted by atomic mass is 9.76. The van der Waals surface area contributed by atoms with E-state index in [2.05, 4.69) is 48.3 Å². The molecule has 1 N–H and O–H groups in total. The molecule has 2 heterocycles. The molecule has 100 valence electrons. The number of rotatable bonds is 1. The van der Waals surface area contributed by atoms with Gasteiger partial charge >= 0.3 is 0 Å². The Morgan fingerprint density at radius 2 is 2.06 bits per heavy atom. The number of hydrogen-bond acceptors (Lipinski definition) is 2. The molecule has 0 radical (unpaired) electrons. The van der Waals surface area contributed by atoms with Gasteiger partial charge in [0.1, 0.15) is 0 Å². The highest BCUT2D eigenvalue weighted by Crippen LogP contribution is 2.44. The number of nitrogens with one attached hydrogen (secondary N) is 1. The number of para-hydroxylation sites is 1. The van der Waals surface area contributed by atoms with Gasteiger partial charge in [-0.2, -0.15) is 0 Å². The third kappa shape index (κ3) is 2.02. The molecule has 0 amide bonds. The van der Waals surface area contributed by atoms with Gasteiger partial charge in [-0.1, -0.05) is 18.2 Å². The highest BCUT2D eigenvalue weighted by Gasteiger charge is 2.43. The van der Waals surface area contributed by atoms with Gasteiger partial charge in [-0.3, -0.25) is 0 Å². The summed E-state index contributed by atoms with van der Waals surface area (Å²) < 4.78 is 0. The molecular formula is C15H23ClN2. The van der Waals surface area contributed by atoms with Crippen LogP contribution in [-0.4, -0.2) is 25.7 Å². The maximum Gasteiger partial charge on any atom is 0.0408 e. The molecule has 0 bridgehead atoms. The van der Waals surface area contributed by atoms with Crippen LogP contribution in [0, 0.1) is 0 Å². The molecule has 18 heavy (non-hydrogen) atoms. The number of benzene rings is 1. The summed E-state index contributed by atoms with van der Waals surface area (Å²) in [6.45, 7) is 8.12. The molecule has 1 aromatic rings. The van der Waals surface area contributed by atoms with Crippen molar-refractivity contribution >= 4 is 18.1 Å². The van der Waals surface area contributed by atoms with Crippen LogP contribution >= 0.6 is 12.4 Å². The van der Waals surface area contributed by atoms with Gasteiger partial charge in [0.15, 0.2) is 0 Å². The summed E-state index contributed by atoms with van der Waals surface area (Å²) in [5.41, 5.74) is 3.41. The van der Waals surface area contributed by atoms with Crippen molar-refractivity contribution in [1.82, 2.24) is 5.32 Å². The van der Waals surface area contributed by atoms with Crippen molar-refractivity contribution in [3.05, 3.63) is 29.8 Å².